The number of nitrogens with two attached hydrogens (primary N) is 1. The van der Waals surface area contributed by atoms with E-state index in [-0.39, 0.29) is 18.3 Å². The maximum Gasteiger partial charge on any atom is 0.242 e. The Bertz CT molecular complexity index is 254. The minimum atomic E-state index is -0.505. The highest BCUT2D eigenvalue weighted by molar-refractivity contribution is 5.89. The number of methoxy groups -OCH3 is 1. The summed E-state index contributed by atoms with van der Waals surface area (Å²) in [6, 6.07) is 0. The zero-order valence-electron chi connectivity index (χ0n) is 9.78. The average Bonchev–Trinajstić information content (AvgIpc) is 2.98. The Morgan fingerprint density at radius 2 is 2.25 bits per heavy atom. The molecular formula is C11H21ClN2O2. The maximum absolute atomic E-state index is 12.0. The molecule has 94 valence electrons. The number of carbonyl (C=O) groups excluding carboxylic acids is 1. The maximum atomic E-state index is 12.0. The highest BCUT2D eigenvalue weighted by atomic mass is 35.5. The molecule has 0 aromatic carbocycles. The van der Waals surface area contributed by atoms with Crippen molar-refractivity contribution in [1.82, 2.24) is 4.90 Å². The van der Waals surface area contributed by atoms with E-state index >= 15 is 0 Å². The molecule has 1 unspecified atom stereocenters. The number of likely N-dealkylation sites (tertiary alicyclic amines) is 1. The third kappa shape index (κ3) is 2.87. The van der Waals surface area contributed by atoms with Crippen LogP contribution in [0.15, 0.2) is 0 Å². The molecule has 1 heterocycles. The third-order valence-corrected chi connectivity index (χ3v) is 3.42. The summed E-state index contributed by atoms with van der Waals surface area (Å²) in [4.78, 5) is 13.9. The van der Waals surface area contributed by atoms with E-state index in [0.29, 0.717) is 5.92 Å². The predicted octanol–water partition coefficient (Wildman–Crippen LogP) is 0.784. The van der Waals surface area contributed by atoms with Crippen molar-refractivity contribution in [2.45, 2.75) is 31.2 Å². The van der Waals surface area contributed by atoms with Gasteiger partial charge in [0, 0.05) is 20.2 Å². The molecule has 0 aromatic heterocycles. The zero-order chi connectivity index (χ0) is 10.9. The van der Waals surface area contributed by atoms with Gasteiger partial charge in [-0.15, -0.1) is 12.4 Å². The molecule has 5 heteroatoms. The lowest BCUT2D eigenvalue weighted by molar-refractivity contribution is -0.135. The number of carbonyl (C=O) groups is 1. The van der Waals surface area contributed by atoms with E-state index in [1.54, 1.807) is 7.11 Å². The first kappa shape index (κ1) is 13.7. The summed E-state index contributed by atoms with van der Waals surface area (Å²) in [5.41, 5.74) is 5.41. The van der Waals surface area contributed by atoms with Crippen LogP contribution < -0.4 is 5.73 Å². The first-order chi connectivity index (χ1) is 7.15. The molecule has 1 amide bonds. The fourth-order valence-corrected chi connectivity index (χ4v) is 2.28. The van der Waals surface area contributed by atoms with Crippen LogP contribution in [0.2, 0.25) is 0 Å². The third-order valence-electron chi connectivity index (χ3n) is 3.42. The minimum absolute atomic E-state index is 0. The lowest BCUT2D eigenvalue weighted by atomic mass is 9.98. The van der Waals surface area contributed by atoms with Crippen LogP contribution in [0.25, 0.3) is 0 Å². The van der Waals surface area contributed by atoms with Crippen molar-refractivity contribution in [3.05, 3.63) is 0 Å². The van der Waals surface area contributed by atoms with E-state index in [1.165, 1.54) is 0 Å². The van der Waals surface area contributed by atoms with Gasteiger partial charge < -0.3 is 15.4 Å². The fourth-order valence-electron chi connectivity index (χ4n) is 2.28. The van der Waals surface area contributed by atoms with Crippen LogP contribution in [-0.2, 0) is 9.53 Å². The SMILES string of the molecule is COCC1CCCN(C(=O)C2(N)CC2)C1.Cl. The number of amides is 1. The van der Waals surface area contributed by atoms with Crippen LogP contribution in [0.4, 0.5) is 0 Å². The molecule has 2 aliphatic rings. The van der Waals surface area contributed by atoms with Crippen LogP contribution in [0.3, 0.4) is 0 Å². The Morgan fingerprint density at radius 3 is 2.81 bits per heavy atom. The average molecular weight is 249 g/mol. The number of halogens is 1. The Morgan fingerprint density at radius 1 is 1.56 bits per heavy atom. The Hall–Kier alpha value is -0.320. The number of nitrogens with zero attached hydrogens (tertiary/aromatic N) is 1. The minimum Gasteiger partial charge on any atom is -0.384 e. The quantitative estimate of drug-likeness (QED) is 0.803. The monoisotopic (exact) mass is 248 g/mol. The van der Waals surface area contributed by atoms with Gasteiger partial charge in [0.2, 0.25) is 5.91 Å². The van der Waals surface area contributed by atoms with Gasteiger partial charge in [-0.25, -0.2) is 0 Å². The molecular weight excluding hydrogens is 228 g/mol. The van der Waals surface area contributed by atoms with Crippen molar-refractivity contribution in [3.8, 4) is 0 Å². The van der Waals surface area contributed by atoms with Crippen molar-refractivity contribution in [2.24, 2.45) is 11.7 Å². The van der Waals surface area contributed by atoms with Crippen molar-refractivity contribution in [2.75, 3.05) is 26.8 Å². The van der Waals surface area contributed by atoms with Gasteiger partial charge in [-0.3, -0.25) is 4.79 Å². The van der Waals surface area contributed by atoms with Gasteiger partial charge in [0.1, 0.15) is 0 Å². The van der Waals surface area contributed by atoms with Crippen LogP contribution in [-0.4, -0.2) is 43.2 Å². The lowest BCUT2D eigenvalue weighted by Gasteiger charge is -2.34. The van der Waals surface area contributed by atoms with Crippen molar-refractivity contribution in [3.63, 3.8) is 0 Å². The Balaban J connectivity index is 0.00000128. The molecule has 1 atom stereocenters. The number of piperidine rings is 1. The van der Waals surface area contributed by atoms with Gasteiger partial charge in [-0.2, -0.15) is 0 Å². The normalized spacial score (nSPS) is 27.1. The Labute approximate surface area is 103 Å². The van der Waals surface area contributed by atoms with E-state index in [4.69, 9.17) is 10.5 Å². The van der Waals surface area contributed by atoms with E-state index in [2.05, 4.69) is 0 Å². The van der Waals surface area contributed by atoms with E-state index in [0.717, 1.165) is 45.4 Å². The lowest BCUT2D eigenvalue weighted by Crippen LogP contribution is -2.50. The van der Waals surface area contributed by atoms with Crippen LogP contribution in [0, 0.1) is 5.92 Å². The summed E-state index contributed by atoms with van der Waals surface area (Å²) in [6.45, 7) is 2.45. The summed E-state index contributed by atoms with van der Waals surface area (Å²) in [6.07, 6.45) is 3.96. The van der Waals surface area contributed by atoms with Crippen LogP contribution >= 0.6 is 12.4 Å². The largest absolute Gasteiger partial charge is 0.384 e. The zero-order valence-corrected chi connectivity index (χ0v) is 10.6. The van der Waals surface area contributed by atoms with Gasteiger partial charge in [0.15, 0.2) is 0 Å². The predicted molar refractivity (Wildman–Crippen MR) is 64.6 cm³/mol. The van der Waals surface area contributed by atoms with E-state index in [9.17, 15) is 4.79 Å². The van der Waals surface area contributed by atoms with Crippen LogP contribution in [0.1, 0.15) is 25.7 Å². The molecule has 0 spiro atoms. The van der Waals surface area contributed by atoms with E-state index in [1.807, 2.05) is 4.90 Å². The highest BCUT2D eigenvalue weighted by Gasteiger charge is 2.48. The summed E-state index contributed by atoms with van der Waals surface area (Å²) in [7, 11) is 1.71. The molecule has 0 radical (unpaired) electrons. The smallest absolute Gasteiger partial charge is 0.242 e. The van der Waals surface area contributed by atoms with Crippen LogP contribution in [0.5, 0.6) is 0 Å². The summed E-state index contributed by atoms with van der Waals surface area (Å²) < 4.78 is 5.14. The molecule has 16 heavy (non-hydrogen) atoms. The second-order valence-corrected chi connectivity index (χ2v) is 4.87. The summed E-state index contributed by atoms with van der Waals surface area (Å²) in [5, 5.41) is 0. The highest BCUT2D eigenvalue weighted by Crippen LogP contribution is 2.35. The van der Waals surface area contributed by atoms with Gasteiger partial charge in [0.25, 0.3) is 0 Å². The topological polar surface area (TPSA) is 55.6 Å². The van der Waals surface area contributed by atoms with Crippen molar-refractivity contribution in [1.29, 1.82) is 0 Å². The second-order valence-electron chi connectivity index (χ2n) is 4.87. The molecule has 0 aromatic rings. The first-order valence-electron chi connectivity index (χ1n) is 5.73. The standard InChI is InChI=1S/C11H20N2O2.ClH/c1-15-8-9-3-2-6-13(7-9)10(14)11(12)4-5-11;/h9H,2-8,12H2,1H3;1H. The molecule has 1 saturated heterocycles. The number of rotatable bonds is 3. The first-order valence-corrected chi connectivity index (χ1v) is 5.73. The number of hydrogen-bond acceptors (Lipinski definition) is 3. The molecule has 0 bridgehead atoms. The Kier molecular flexibility index (Phi) is 4.59. The van der Waals surface area contributed by atoms with Gasteiger partial charge in [-0.1, -0.05) is 0 Å². The molecule has 2 N–H and O–H groups in total. The number of hydrogen-bond donors (Lipinski definition) is 1. The molecule has 1 aliphatic heterocycles. The summed E-state index contributed by atoms with van der Waals surface area (Å²) in [5.74, 6) is 0.651. The molecule has 4 nitrogen and oxygen atoms in total. The van der Waals surface area contributed by atoms with Gasteiger partial charge in [0.05, 0.1) is 12.1 Å². The van der Waals surface area contributed by atoms with Gasteiger partial charge >= 0.3 is 0 Å². The number of ether oxygens (including phenoxy) is 1. The summed E-state index contributed by atoms with van der Waals surface area (Å²) >= 11 is 0. The second kappa shape index (κ2) is 5.34. The molecule has 1 saturated carbocycles. The molecule has 2 rings (SSSR count). The molecule has 2 fully saturated rings. The fraction of sp³-hybridized carbons (Fsp3) is 0.909. The van der Waals surface area contributed by atoms with Crippen molar-refractivity contribution < 1.29 is 9.53 Å². The molecule has 1 aliphatic carbocycles. The van der Waals surface area contributed by atoms with Gasteiger partial charge in [-0.05, 0) is 31.6 Å². The van der Waals surface area contributed by atoms with E-state index < -0.39 is 5.54 Å². The van der Waals surface area contributed by atoms with Crippen molar-refractivity contribution >= 4 is 18.3 Å².